The molecule has 3 nitrogen and oxygen atoms in total. The van der Waals surface area contributed by atoms with E-state index in [1.54, 1.807) is 0 Å². The van der Waals surface area contributed by atoms with E-state index in [0.29, 0.717) is 6.42 Å². The largest absolute Gasteiger partial charge is 0.483 e. The predicted molar refractivity (Wildman–Crippen MR) is 52.9 cm³/mol. The molecule has 3 N–H and O–H groups in total. The summed E-state index contributed by atoms with van der Waals surface area (Å²) in [4.78, 5) is 0. The van der Waals surface area contributed by atoms with Gasteiger partial charge >= 0.3 is 0 Å². The highest BCUT2D eigenvalue weighted by molar-refractivity contribution is 5.78. The van der Waals surface area contributed by atoms with Crippen LogP contribution in [0.5, 0.6) is 0 Å². The molecule has 0 aliphatic rings. The predicted octanol–water partition coefficient (Wildman–Crippen LogP) is 1.18. The lowest BCUT2D eigenvalue weighted by molar-refractivity contribution is 0.376. The lowest BCUT2D eigenvalue weighted by atomic mass is 10.1. The Morgan fingerprint density at radius 3 is 2.62 bits per heavy atom. The Hall–Kier alpha value is -1.35. The Morgan fingerprint density at radius 2 is 2.08 bits per heavy atom. The third-order valence-electron chi connectivity index (χ3n) is 1.86. The van der Waals surface area contributed by atoms with E-state index in [2.05, 4.69) is 0 Å². The van der Waals surface area contributed by atoms with Crippen molar-refractivity contribution in [2.45, 2.75) is 12.5 Å². The first-order valence-corrected chi connectivity index (χ1v) is 4.16. The first-order chi connectivity index (χ1) is 6.24. The van der Waals surface area contributed by atoms with Crippen LogP contribution in [0.2, 0.25) is 0 Å². The van der Waals surface area contributed by atoms with Gasteiger partial charge in [0.1, 0.15) is 0 Å². The number of nitrogens with one attached hydrogen (secondary N) is 1. The Balaban J connectivity index is 2.55. The van der Waals surface area contributed by atoms with Crippen LogP contribution in [0.25, 0.3) is 0 Å². The minimum Gasteiger partial charge on any atom is -0.483 e. The van der Waals surface area contributed by atoms with Gasteiger partial charge in [0, 0.05) is 0 Å². The normalized spacial score (nSPS) is 12.2. The van der Waals surface area contributed by atoms with Crippen molar-refractivity contribution >= 4 is 5.90 Å². The second kappa shape index (κ2) is 4.62. The summed E-state index contributed by atoms with van der Waals surface area (Å²) in [6.07, 6.45) is 0.646. The molecule has 1 atom stereocenters. The van der Waals surface area contributed by atoms with Crippen LogP contribution < -0.4 is 5.73 Å². The fraction of sp³-hybridized carbons (Fsp3) is 0.300. The van der Waals surface area contributed by atoms with Crippen LogP contribution in [0.3, 0.4) is 0 Å². The number of benzene rings is 1. The summed E-state index contributed by atoms with van der Waals surface area (Å²) >= 11 is 0. The molecule has 13 heavy (non-hydrogen) atoms. The highest BCUT2D eigenvalue weighted by atomic mass is 16.5. The van der Waals surface area contributed by atoms with Crippen molar-refractivity contribution in [2.75, 3.05) is 7.11 Å². The van der Waals surface area contributed by atoms with E-state index >= 15 is 0 Å². The Kier molecular flexibility index (Phi) is 3.46. The monoisotopic (exact) mass is 178 g/mol. The van der Waals surface area contributed by atoms with Gasteiger partial charge in [0.05, 0.1) is 13.2 Å². The molecule has 0 saturated heterocycles. The molecular weight excluding hydrogens is 164 g/mol. The number of hydrogen-bond acceptors (Lipinski definition) is 3. The maximum atomic E-state index is 7.35. The number of ether oxygens (including phenoxy) is 1. The summed E-state index contributed by atoms with van der Waals surface area (Å²) in [5, 5.41) is 7.35. The van der Waals surface area contributed by atoms with Crippen LogP contribution >= 0.6 is 0 Å². The Bertz CT molecular complexity index is 272. The van der Waals surface area contributed by atoms with Crippen molar-refractivity contribution in [1.29, 1.82) is 5.41 Å². The summed E-state index contributed by atoms with van der Waals surface area (Å²) < 4.78 is 4.74. The molecule has 0 aromatic heterocycles. The van der Waals surface area contributed by atoms with Crippen LogP contribution in [0.15, 0.2) is 30.3 Å². The highest BCUT2D eigenvalue weighted by Gasteiger charge is 2.09. The molecule has 0 radical (unpaired) electrons. The van der Waals surface area contributed by atoms with E-state index in [-0.39, 0.29) is 11.9 Å². The van der Waals surface area contributed by atoms with Gasteiger partial charge in [0.2, 0.25) is 0 Å². The Morgan fingerprint density at radius 1 is 1.46 bits per heavy atom. The second-order valence-electron chi connectivity index (χ2n) is 2.86. The molecule has 70 valence electrons. The van der Waals surface area contributed by atoms with Gasteiger partial charge in [0.25, 0.3) is 0 Å². The van der Waals surface area contributed by atoms with Crippen LogP contribution in [0.1, 0.15) is 5.56 Å². The van der Waals surface area contributed by atoms with E-state index < -0.39 is 0 Å². The van der Waals surface area contributed by atoms with Crippen molar-refractivity contribution in [1.82, 2.24) is 0 Å². The van der Waals surface area contributed by atoms with Crippen LogP contribution in [0, 0.1) is 5.41 Å². The lowest BCUT2D eigenvalue weighted by Gasteiger charge is -2.11. The molecule has 3 heteroatoms. The quantitative estimate of drug-likeness (QED) is 0.539. The third-order valence-corrected chi connectivity index (χ3v) is 1.86. The van der Waals surface area contributed by atoms with Crippen molar-refractivity contribution in [3.8, 4) is 0 Å². The van der Waals surface area contributed by atoms with Gasteiger partial charge in [-0.2, -0.15) is 0 Å². The second-order valence-corrected chi connectivity index (χ2v) is 2.86. The van der Waals surface area contributed by atoms with Gasteiger partial charge in [-0.3, -0.25) is 5.41 Å². The smallest absolute Gasteiger partial charge is 0.197 e. The number of nitrogens with two attached hydrogens (primary N) is 1. The molecule has 0 aliphatic heterocycles. The maximum Gasteiger partial charge on any atom is 0.197 e. The standard InChI is InChI=1S/C10H14N2O/c1-13-10(12)9(11)7-8-5-3-2-4-6-8/h2-6,9,12H,7,11H2,1H3/t9-/m0/s1. The van der Waals surface area contributed by atoms with Gasteiger partial charge in [-0.25, -0.2) is 0 Å². The van der Waals surface area contributed by atoms with Crippen LogP contribution in [-0.2, 0) is 11.2 Å². The minimum absolute atomic E-state index is 0.129. The maximum absolute atomic E-state index is 7.35. The molecule has 0 unspecified atom stereocenters. The zero-order valence-corrected chi connectivity index (χ0v) is 7.66. The van der Waals surface area contributed by atoms with Gasteiger partial charge in [-0.05, 0) is 12.0 Å². The zero-order chi connectivity index (χ0) is 9.68. The average Bonchev–Trinajstić information content (AvgIpc) is 2.18. The van der Waals surface area contributed by atoms with E-state index in [0.717, 1.165) is 5.56 Å². The molecular formula is C10H14N2O. The van der Waals surface area contributed by atoms with Gasteiger partial charge < -0.3 is 10.5 Å². The third kappa shape index (κ3) is 2.87. The highest BCUT2D eigenvalue weighted by Crippen LogP contribution is 2.02. The zero-order valence-electron chi connectivity index (χ0n) is 7.66. The van der Waals surface area contributed by atoms with Crippen LogP contribution in [0.4, 0.5) is 0 Å². The summed E-state index contributed by atoms with van der Waals surface area (Å²) in [6.45, 7) is 0. The molecule has 0 heterocycles. The van der Waals surface area contributed by atoms with Gasteiger partial charge in [0.15, 0.2) is 5.90 Å². The van der Waals surface area contributed by atoms with E-state index in [9.17, 15) is 0 Å². The minimum atomic E-state index is -0.340. The molecule has 1 rings (SSSR count). The first kappa shape index (κ1) is 9.74. The van der Waals surface area contributed by atoms with E-state index in [1.165, 1.54) is 7.11 Å². The molecule has 0 aliphatic carbocycles. The fourth-order valence-corrected chi connectivity index (χ4v) is 1.11. The van der Waals surface area contributed by atoms with Crippen molar-refractivity contribution < 1.29 is 4.74 Å². The van der Waals surface area contributed by atoms with Gasteiger partial charge in [-0.15, -0.1) is 0 Å². The van der Waals surface area contributed by atoms with Crippen molar-refractivity contribution in [3.05, 3.63) is 35.9 Å². The lowest BCUT2D eigenvalue weighted by Crippen LogP contribution is -2.33. The number of methoxy groups -OCH3 is 1. The topological polar surface area (TPSA) is 59.1 Å². The summed E-state index contributed by atoms with van der Waals surface area (Å²) in [5.41, 5.74) is 6.83. The molecule has 0 amide bonds. The Labute approximate surface area is 78.0 Å². The molecule has 0 bridgehead atoms. The van der Waals surface area contributed by atoms with Crippen molar-refractivity contribution in [2.24, 2.45) is 5.73 Å². The fourth-order valence-electron chi connectivity index (χ4n) is 1.11. The van der Waals surface area contributed by atoms with E-state index in [1.807, 2.05) is 30.3 Å². The summed E-state index contributed by atoms with van der Waals surface area (Å²) in [5.74, 6) is 0.129. The van der Waals surface area contributed by atoms with E-state index in [4.69, 9.17) is 15.9 Å². The molecule has 0 spiro atoms. The van der Waals surface area contributed by atoms with Crippen molar-refractivity contribution in [3.63, 3.8) is 0 Å². The molecule has 1 aromatic carbocycles. The molecule has 0 fully saturated rings. The summed E-state index contributed by atoms with van der Waals surface area (Å²) in [7, 11) is 1.47. The average molecular weight is 178 g/mol. The van der Waals surface area contributed by atoms with Crippen LogP contribution in [-0.4, -0.2) is 19.0 Å². The van der Waals surface area contributed by atoms with Gasteiger partial charge in [-0.1, -0.05) is 30.3 Å². The molecule has 1 aromatic rings. The summed E-state index contributed by atoms with van der Waals surface area (Å²) in [6, 6.07) is 9.51. The molecule has 0 saturated carbocycles. The number of hydrogen-bond donors (Lipinski definition) is 2. The number of rotatable bonds is 3. The first-order valence-electron chi connectivity index (χ1n) is 4.16. The SMILES string of the molecule is COC(=N)[C@@H](N)Cc1ccccc1.